The maximum atomic E-state index is 12.3. The lowest BCUT2D eigenvalue weighted by Gasteiger charge is -1.99. The highest BCUT2D eigenvalue weighted by Crippen LogP contribution is 2.36. The van der Waals surface area contributed by atoms with E-state index < -0.39 is 5.97 Å². The smallest absolute Gasteiger partial charge is 0.384 e. The van der Waals surface area contributed by atoms with Crippen LogP contribution in [0.15, 0.2) is 42.5 Å². The Balaban J connectivity index is 1.98. The Bertz CT molecular complexity index is 807. The first kappa shape index (κ1) is 13.1. The third-order valence-corrected chi connectivity index (χ3v) is 3.31. The number of rotatable bonds is 1. The molecule has 1 aliphatic rings. The second-order valence-electron chi connectivity index (χ2n) is 4.61. The van der Waals surface area contributed by atoms with E-state index in [0.717, 1.165) is 11.1 Å². The fourth-order valence-corrected chi connectivity index (χ4v) is 2.40. The monoisotopic (exact) mass is 276 g/mol. The Morgan fingerprint density at radius 2 is 1.76 bits per heavy atom. The summed E-state index contributed by atoms with van der Waals surface area (Å²) in [6.45, 7) is 2.02. The third-order valence-electron chi connectivity index (χ3n) is 3.31. The summed E-state index contributed by atoms with van der Waals surface area (Å²) in [6.07, 6.45) is 0. The van der Waals surface area contributed by atoms with Crippen molar-refractivity contribution in [1.82, 2.24) is 0 Å². The molecule has 3 heteroatoms. The van der Waals surface area contributed by atoms with Crippen molar-refractivity contribution >= 4 is 11.8 Å². The lowest BCUT2D eigenvalue weighted by molar-refractivity contribution is -0.136. The summed E-state index contributed by atoms with van der Waals surface area (Å²) in [4.78, 5) is 23.6. The molecule has 2 aromatic carbocycles. The molecule has 21 heavy (non-hydrogen) atoms. The van der Waals surface area contributed by atoms with Gasteiger partial charge in [0.2, 0.25) is 0 Å². The number of hydrogen-bond donors (Lipinski definition) is 0. The Labute approximate surface area is 122 Å². The van der Waals surface area contributed by atoms with Crippen LogP contribution in [0.4, 0.5) is 0 Å². The molecule has 0 aromatic heterocycles. The van der Waals surface area contributed by atoms with Crippen molar-refractivity contribution in [1.29, 1.82) is 0 Å². The first-order valence-electron chi connectivity index (χ1n) is 6.67. The van der Waals surface area contributed by atoms with Crippen LogP contribution in [-0.2, 0) is 9.53 Å². The Kier molecular flexibility index (Phi) is 3.29. The topological polar surface area (TPSA) is 43.4 Å². The minimum Gasteiger partial charge on any atom is -0.456 e. The van der Waals surface area contributed by atoms with Gasteiger partial charge < -0.3 is 4.74 Å². The molecule has 0 unspecified atom stereocenters. The van der Waals surface area contributed by atoms with Crippen LogP contribution in [0, 0.1) is 11.8 Å². The Hall–Kier alpha value is -2.86. The average Bonchev–Trinajstić information content (AvgIpc) is 2.79. The number of hydrogen-bond acceptors (Lipinski definition) is 3. The van der Waals surface area contributed by atoms with E-state index in [1.807, 2.05) is 30.3 Å². The van der Waals surface area contributed by atoms with Gasteiger partial charge in [-0.25, -0.2) is 4.79 Å². The van der Waals surface area contributed by atoms with Gasteiger partial charge in [-0.1, -0.05) is 36.3 Å². The van der Waals surface area contributed by atoms with E-state index in [1.165, 1.54) is 0 Å². The summed E-state index contributed by atoms with van der Waals surface area (Å²) in [5.74, 6) is 4.57. The van der Waals surface area contributed by atoms with E-state index in [2.05, 4.69) is 11.8 Å². The minimum atomic E-state index is -0.562. The van der Waals surface area contributed by atoms with Crippen molar-refractivity contribution in [2.45, 2.75) is 6.92 Å². The molecule has 3 rings (SSSR count). The molecule has 1 aliphatic carbocycles. The molecule has 0 bridgehead atoms. The van der Waals surface area contributed by atoms with Gasteiger partial charge in [0, 0.05) is 22.6 Å². The summed E-state index contributed by atoms with van der Waals surface area (Å²) in [7, 11) is 0. The van der Waals surface area contributed by atoms with Crippen LogP contribution in [0.2, 0.25) is 0 Å². The van der Waals surface area contributed by atoms with Crippen LogP contribution in [0.1, 0.15) is 28.4 Å². The van der Waals surface area contributed by atoms with Crippen LogP contribution in [0.5, 0.6) is 0 Å². The highest BCUT2D eigenvalue weighted by Gasteiger charge is 2.25. The van der Waals surface area contributed by atoms with Crippen LogP contribution < -0.4 is 0 Å². The molecule has 0 amide bonds. The fraction of sp³-hybridized carbons (Fsp3) is 0.111. The van der Waals surface area contributed by atoms with E-state index >= 15 is 0 Å². The molecular formula is C18H12O3. The number of ketones is 1. The zero-order valence-electron chi connectivity index (χ0n) is 11.5. The van der Waals surface area contributed by atoms with Gasteiger partial charge in [0.25, 0.3) is 0 Å². The maximum Gasteiger partial charge on any atom is 0.384 e. The lowest BCUT2D eigenvalue weighted by atomic mass is 10.0. The molecule has 0 saturated heterocycles. The summed E-state index contributed by atoms with van der Waals surface area (Å²) in [6, 6.07) is 12.9. The number of ether oxygens (including phenoxy) is 1. The standard InChI is InChI=1S/C18H12O3/c1-2-21-17(19)10-8-12-7-9-14-13-5-3-4-6-15(13)18(20)16(14)11-12/h3-7,9,11H,2H2,1H3. The average molecular weight is 276 g/mol. The molecule has 2 aromatic rings. The van der Waals surface area contributed by atoms with Crippen LogP contribution in [-0.4, -0.2) is 18.4 Å². The fourth-order valence-electron chi connectivity index (χ4n) is 2.40. The van der Waals surface area contributed by atoms with Crippen LogP contribution >= 0.6 is 0 Å². The second-order valence-corrected chi connectivity index (χ2v) is 4.61. The molecule has 0 heterocycles. The highest BCUT2D eigenvalue weighted by atomic mass is 16.5. The largest absolute Gasteiger partial charge is 0.456 e. The molecule has 0 spiro atoms. The van der Waals surface area contributed by atoms with E-state index in [0.29, 0.717) is 23.3 Å². The maximum absolute atomic E-state index is 12.3. The Morgan fingerprint density at radius 1 is 1.05 bits per heavy atom. The van der Waals surface area contributed by atoms with Crippen molar-refractivity contribution in [3.8, 4) is 23.0 Å². The van der Waals surface area contributed by atoms with Gasteiger partial charge in [-0.05, 0) is 30.2 Å². The Morgan fingerprint density at radius 3 is 2.52 bits per heavy atom. The summed E-state index contributed by atoms with van der Waals surface area (Å²) in [5, 5.41) is 0. The van der Waals surface area contributed by atoms with Gasteiger partial charge in [-0.3, -0.25) is 4.79 Å². The quantitative estimate of drug-likeness (QED) is 0.507. The van der Waals surface area contributed by atoms with Gasteiger partial charge >= 0.3 is 5.97 Å². The van der Waals surface area contributed by atoms with Crippen molar-refractivity contribution in [2.75, 3.05) is 6.61 Å². The molecule has 102 valence electrons. The third kappa shape index (κ3) is 2.32. The van der Waals surface area contributed by atoms with Gasteiger partial charge in [-0.15, -0.1) is 0 Å². The number of fused-ring (bicyclic) bond motifs is 3. The molecule has 0 N–H and O–H groups in total. The summed E-state index contributed by atoms with van der Waals surface area (Å²) >= 11 is 0. The van der Waals surface area contributed by atoms with Gasteiger partial charge in [0.05, 0.1) is 6.61 Å². The SMILES string of the molecule is CCOC(=O)C#Cc1ccc2c(c1)C(=O)c1ccccc1-2. The molecule has 0 saturated carbocycles. The van der Waals surface area contributed by atoms with Crippen molar-refractivity contribution in [3.63, 3.8) is 0 Å². The van der Waals surface area contributed by atoms with E-state index in [1.54, 1.807) is 19.1 Å². The normalized spacial score (nSPS) is 11.2. The van der Waals surface area contributed by atoms with Gasteiger partial charge in [0.1, 0.15) is 0 Å². The van der Waals surface area contributed by atoms with Gasteiger partial charge in [-0.2, -0.15) is 0 Å². The highest BCUT2D eigenvalue weighted by molar-refractivity contribution is 6.21. The first-order chi connectivity index (χ1) is 10.2. The van der Waals surface area contributed by atoms with Crippen molar-refractivity contribution in [3.05, 3.63) is 59.2 Å². The first-order valence-corrected chi connectivity index (χ1v) is 6.67. The zero-order valence-corrected chi connectivity index (χ0v) is 11.5. The second kappa shape index (κ2) is 5.26. The van der Waals surface area contributed by atoms with Gasteiger partial charge in [0.15, 0.2) is 5.78 Å². The van der Waals surface area contributed by atoms with Crippen molar-refractivity contribution < 1.29 is 14.3 Å². The number of carbonyl (C=O) groups excluding carboxylic acids is 2. The number of carbonyl (C=O) groups is 2. The van der Waals surface area contributed by atoms with E-state index in [9.17, 15) is 9.59 Å². The molecule has 0 aliphatic heterocycles. The zero-order chi connectivity index (χ0) is 14.8. The van der Waals surface area contributed by atoms with Crippen molar-refractivity contribution in [2.24, 2.45) is 0 Å². The summed E-state index contributed by atoms with van der Waals surface area (Å²) in [5.41, 5.74) is 3.83. The predicted octanol–water partition coefficient (Wildman–Crippen LogP) is 2.81. The molecule has 0 radical (unpaired) electrons. The number of benzene rings is 2. The van der Waals surface area contributed by atoms with Crippen LogP contribution in [0.3, 0.4) is 0 Å². The summed E-state index contributed by atoms with van der Waals surface area (Å²) < 4.78 is 4.75. The van der Waals surface area contributed by atoms with E-state index in [-0.39, 0.29) is 5.78 Å². The number of esters is 1. The predicted molar refractivity (Wildman–Crippen MR) is 78.8 cm³/mol. The minimum absolute atomic E-state index is 0.000356. The molecule has 0 fully saturated rings. The molecule has 3 nitrogen and oxygen atoms in total. The van der Waals surface area contributed by atoms with E-state index in [4.69, 9.17) is 4.74 Å². The lowest BCUT2D eigenvalue weighted by Crippen LogP contribution is -1.99. The van der Waals surface area contributed by atoms with Crippen LogP contribution in [0.25, 0.3) is 11.1 Å². The molecular weight excluding hydrogens is 264 g/mol. The molecule has 0 atom stereocenters.